The van der Waals surface area contributed by atoms with Gasteiger partial charge in [0.2, 0.25) is 5.91 Å². The Morgan fingerprint density at radius 1 is 1.48 bits per heavy atom. The van der Waals surface area contributed by atoms with Gasteiger partial charge in [-0.1, -0.05) is 16.8 Å². The summed E-state index contributed by atoms with van der Waals surface area (Å²) in [7, 11) is 0. The van der Waals surface area contributed by atoms with Crippen molar-refractivity contribution in [1.82, 2.24) is 20.4 Å². The summed E-state index contributed by atoms with van der Waals surface area (Å²) < 4.78 is 5.33. The summed E-state index contributed by atoms with van der Waals surface area (Å²) in [5.74, 6) is 1.51. The molecule has 0 saturated carbocycles. The lowest BCUT2D eigenvalue weighted by molar-refractivity contribution is -0.121. The molecule has 3 rings (SSSR count). The number of carbonyl (C=O) groups excluding carboxylic acids is 1. The topological polar surface area (TPSA) is 84.2 Å². The van der Waals surface area contributed by atoms with E-state index in [0.29, 0.717) is 42.1 Å². The number of anilines is 1. The molecule has 122 valence electrons. The normalized spacial score (nSPS) is 20.8. The van der Waals surface area contributed by atoms with Crippen molar-refractivity contribution in [2.75, 3.05) is 18.0 Å². The summed E-state index contributed by atoms with van der Waals surface area (Å²) in [6, 6.07) is 1.87. The van der Waals surface area contributed by atoms with Crippen molar-refractivity contribution in [3.05, 3.63) is 34.6 Å². The molecule has 2 aromatic heterocycles. The zero-order chi connectivity index (χ0) is 16.6. The molecule has 0 bridgehead atoms. The van der Waals surface area contributed by atoms with Gasteiger partial charge in [0.05, 0.1) is 11.6 Å². The maximum atomic E-state index is 11.7. The Labute approximate surface area is 139 Å². The molecule has 1 atom stereocenters. The van der Waals surface area contributed by atoms with Crippen LogP contribution in [0.5, 0.6) is 0 Å². The predicted octanol–water partition coefficient (Wildman–Crippen LogP) is 1.98. The number of nitrogens with one attached hydrogen (secondary N) is 1. The van der Waals surface area contributed by atoms with Crippen molar-refractivity contribution in [1.29, 1.82) is 0 Å². The van der Waals surface area contributed by atoms with E-state index in [4.69, 9.17) is 16.1 Å². The molecule has 3 heterocycles. The van der Waals surface area contributed by atoms with Gasteiger partial charge in [-0.15, -0.1) is 0 Å². The van der Waals surface area contributed by atoms with Crippen molar-refractivity contribution in [3.63, 3.8) is 0 Å². The second kappa shape index (κ2) is 5.81. The van der Waals surface area contributed by atoms with E-state index < -0.39 is 5.54 Å². The zero-order valence-corrected chi connectivity index (χ0v) is 14.0. The highest BCUT2D eigenvalue weighted by molar-refractivity contribution is 6.33. The number of aromatic nitrogens is 3. The lowest BCUT2D eigenvalue weighted by Gasteiger charge is -2.27. The van der Waals surface area contributed by atoms with Gasteiger partial charge in [-0.25, -0.2) is 4.98 Å². The zero-order valence-electron chi connectivity index (χ0n) is 13.3. The van der Waals surface area contributed by atoms with E-state index in [1.165, 1.54) is 6.92 Å². The fourth-order valence-corrected chi connectivity index (χ4v) is 3.13. The van der Waals surface area contributed by atoms with E-state index in [9.17, 15) is 4.79 Å². The summed E-state index contributed by atoms with van der Waals surface area (Å²) >= 11 is 6.38. The second-order valence-electron chi connectivity index (χ2n) is 5.85. The monoisotopic (exact) mass is 335 g/mol. The van der Waals surface area contributed by atoms with E-state index in [1.54, 1.807) is 13.1 Å². The number of carbonyl (C=O) groups is 1. The molecule has 1 N–H and O–H groups in total. The van der Waals surface area contributed by atoms with Gasteiger partial charge in [-0.2, -0.15) is 4.98 Å². The van der Waals surface area contributed by atoms with Crippen LogP contribution in [-0.2, 0) is 10.3 Å². The SMILES string of the molecule is CC(=O)NC1(c2nc(C)no2)CCN(c2nccc(C)c2Cl)C1. The Kier molecular flexibility index (Phi) is 3.97. The summed E-state index contributed by atoms with van der Waals surface area (Å²) in [5, 5.41) is 7.43. The van der Waals surface area contributed by atoms with E-state index >= 15 is 0 Å². The molecule has 23 heavy (non-hydrogen) atoms. The molecule has 8 heteroatoms. The van der Waals surface area contributed by atoms with Crippen LogP contribution in [0, 0.1) is 13.8 Å². The maximum Gasteiger partial charge on any atom is 0.254 e. The average molecular weight is 336 g/mol. The van der Waals surface area contributed by atoms with Gasteiger partial charge >= 0.3 is 0 Å². The molecular weight excluding hydrogens is 318 g/mol. The Hall–Kier alpha value is -2.15. The molecular formula is C15H18ClN5O2. The van der Waals surface area contributed by atoms with Crippen molar-refractivity contribution in [2.24, 2.45) is 0 Å². The fourth-order valence-electron chi connectivity index (χ4n) is 2.90. The molecule has 1 fully saturated rings. The first-order chi connectivity index (χ1) is 10.9. The largest absolute Gasteiger partial charge is 0.352 e. The third-order valence-electron chi connectivity index (χ3n) is 3.98. The van der Waals surface area contributed by atoms with Crippen molar-refractivity contribution in [3.8, 4) is 0 Å². The van der Waals surface area contributed by atoms with Gasteiger partial charge in [0.25, 0.3) is 5.89 Å². The third kappa shape index (κ3) is 2.88. The van der Waals surface area contributed by atoms with Gasteiger partial charge in [0.1, 0.15) is 11.4 Å². The lowest BCUT2D eigenvalue weighted by Crippen LogP contribution is -2.47. The van der Waals surface area contributed by atoms with Crippen LogP contribution in [0.3, 0.4) is 0 Å². The minimum Gasteiger partial charge on any atom is -0.352 e. The quantitative estimate of drug-likeness (QED) is 0.923. The molecule has 0 aliphatic carbocycles. The fraction of sp³-hybridized carbons (Fsp3) is 0.467. The number of halogens is 1. The highest BCUT2D eigenvalue weighted by Crippen LogP contribution is 2.36. The molecule has 1 saturated heterocycles. The Morgan fingerprint density at radius 2 is 2.26 bits per heavy atom. The Balaban J connectivity index is 1.95. The van der Waals surface area contributed by atoms with Gasteiger partial charge in [0.15, 0.2) is 5.82 Å². The first-order valence-electron chi connectivity index (χ1n) is 7.37. The van der Waals surface area contributed by atoms with Crippen molar-refractivity contribution < 1.29 is 9.32 Å². The van der Waals surface area contributed by atoms with E-state index in [1.807, 2.05) is 17.9 Å². The maximum absolute atomic E-state index is 11.7. The van der Waals surface area contributed by atoms with Crippen LogP contribution in [-0.4, -0.2) is 34.1 Å². The summed E-state index contributed by atoms with van der Waals surface area (Å²) in [5.41, 5.74) is 0.240. The molecule has 1 amide bonds. The van der Waals surface area contributed by atoms with Crippen LogP contribution >= 0.6 is 11.6 Å². The molecule has 0 spiro atoms. The minimum absolute atomic E-state index is 0.147. The molecule has 0 radical (unpaired) electrons. The van der Waals surface area contributed by atoms with Crippen LogP contribution in [0.2, 0.25) is 5.02 Å². The minimum atomic E-state index is -0.720. The van der Waals surface area contributed by atoms with Gasteiger partial charge in [-0.05, 0) is 31.9 Å². The molecule has 1 unspecified atom stereocenters. The van der Waals surface area contributed by atoms with Gasteiger partial charge < -0.3 is 14.7 Å². The molecule has 7 nitrogen and oxygen atoms in total. The number of hydrogen-bond acceptors (Lipinski definition) is 6. The van der Waals surface area contributed by atoms with Crippen LogP contribution in [0.15, 0.2) is 16.8 Å². The first-order valence-corrected chi connectivity index (χ1v) is 7.75. The van der Waals surface area contributed by atoms with Gasteiger partial charge in [0, 0.05) is 19.7 Å². The molecule has 1 aliphatic rings. The standard InChI is InChI=1S/C15H18ClN5O2/c1-9-4-6-17-13(12(9)16)21-7-5-15(8-21,19-11(3)22)14-18-10(2)20-23-14/h4,6H,5,7-8H2,1-3H3,(H,19,22). The summed E-state index contributed by atoms with van der Waals surface area (Å²) in [6.45, 7) is 6.32. The molecule has 1 aliphatic heterocycles. The second-order valence-corrected chi connectivity index (χ2v) is 6.22. The molecule has 2 aromatic rings. The highest BCUT2D eigenvalue weighted by Gasteiger charge is 2.46. The Bertz CT molecular complexity index is 747. The first kappa shape index (κ1) is 15.7. The number of nitrogens with zero attached hydrogens (tertiary/aromatic N) is 4. The van der Waals surface area contributed by atoms with Crippen molar-refractivity contribution >= 4 is 23.3 Å². The lowest BCUT2D eigenvalue weighted by atomic mass is 9.98. The predicted molar refractivity (Wildman–Crippen MR) is 85.3 cm³/mol. The van der Waals surface area contributed by atoms with E-state index in [0.717, 1.165) is 5.56 Å². The van der Waals surface area contributed by atoms with Crippen LogP contribution < -0.4 is 10.2 Å². The van der Waals surface area contributed by atoms with E-state index in [2.05, 4.69) is 20.4 Å². The number of aryl methyl sites for hydroxylation is 2. The number of hydrogen-bond donors (Lipinski definition) is 1. The summed E-state index contributed by atoms with van der Waals surface area (Å²) in [4.78, 5) is 22.4. The summed E-state index contributed by atoms with van der Waals surface area (Å²) in [6.07, 6.45) is 2.37. The Morgan fingerprint density at radius 3 is 2.91 bits per heavy atom. The van der Waals surface area contributed by atoms with Crippen molar-refractivity contribution in [2.45, 2.75) is 32.7 Å². The van der Waals surface area contributed by atoms with Crippen LogP contribution in [0.4, 0.5) is 5.82 Å². The number of pyridine rings is 1. The third-order valence-corrected chi connectivity index (χ3v) is 4.45. The van der Waals surface area contributed by atoms with Crippen LogP contribution in [0.1, 0.15) is 30.6 Å². The van der Waals surface area contributed by atoms with Gasteiger partial charge in [-0.3, -0.25) is 4.79 Å². The number of rotatable bonds is 3. The average Bonchev–Trinajstić information content (AvgIpc) is 3.09. The van der Waals surface area contributed by atoms with E-state index in [-0.39, 0.29) is 5.91 Å². The highest BCUT2D eigenvalue weighted by atomic mass is 35.5. The van der Waals surface area contributed by atoms with Crippen LogP contribution in [0.25, 0.3) is 0 Å². The number of amides is 1. The smallest absolute Gasteiger partial charge is 0.254 e. The molecule has 0 aromatic carbocycles.